The molecule has 1 amide bonds. The molecule has 3 N–H and O–H groups in total. The monoisotopic (exact) mass is 488 g/mol. The number of carbonyl (C=O) groups is 3. The molecule has 10 heteroatoms. The molecule has 1 unspecified atom stereocenters. The minimum atomic E-state index is -1.86. The third-order valence-electron chi connectivity index (χ3n) is 5.96. The predicted octanol–water partition coefficient (Wildman–Crippen LogP) is 4.42. The van der Waals surface area contributed by atoms with Crippen LogP contribution in [-0.2, 0) is 20.9 Å². The molecule has 0 aromatic heterocycles. The van der Waals surface area contributed by atoms with Crippen molar-refractivity contribution in [1.29, 1.82) is 0 Å². The van der Waals surface area contributed by atoms with Gasteiger partial charge in [0.2, 0.25) is 0 Å². The topological polar surface area (TPSA) is 116 Å². The summed E-state index contributed by atoms with van der Waals surface area (Å²) in [5.74, 6) is -3.39. The minimum Gasteiger partial charge on any atom is -0.480 e. The van der Waals surface area contributed by atoms with Crippen LogP contribution in [0.3, 0.4) is 0 Å². The number of amides is 1. The van der Waals surface area contributed by atoms with Crippen LogP contribution in [0.2, 0.25) is 10.0 Å². The molecule has 1 heterocycles. The van der Waals surface area contributed by atoms with Crippen LogP contribution in [0.1, 0.15) is 53.0 Å². The molecule has 0 saturated carbocycles. The Kier molecular flexibility index (Phi) is 7.75. The Balaban J connectivity index is 2.58. The number of nitrogens with one attached hydrogen (secondary N) is 1. The van der Waals surface area contributed by atoms with Crippen molar-refractivity contribution in [3.05, 3.63) is 33.8 Å². The highest BCUT2D eigenvalue weighted by molar-refractivity contribution is 6.42. The van der Waals surface area contributed by atoms with Gasteiger partial charge < -0.3 is 20.3 Å². The fourth-order valence-electron chi connectivity index (χ4n) is 4.71. The maximum absolute atomic E-state index is 12.6. The zero-order valence-corrected chi connectivity index (χ0v) is 20.4. The molecule has 2 rings (SSSR count). The quantitative estimate of drug-likeness (QED) is 0.519. The van der Waals surface area contributed by atoms with Crippen molar-refractivity contribution in [1.82, 2.24) is 10.2 Å². The second-order valence-electron chi connectivity index (χ2n) is 9.05. The average Bonchev–Trinajstić information content (AvgIpc) is 2.93. The molecule has 1 fully saturated rings. The third kappa shape index (κ3) is 4.82. The van der Waals surface area contributed by atoms with Crippen molar-refractivity contribution in [2.45, 2.75) is 70.7 Å². The Bertz CT molecular complexity index is 903. The van der Waals surface area contributed by atoms with Crippen LogP contribution in [-0.4, -0.2) is 56.4 Å². The summed E-state index contributed by atoms with van der Waals surface area (Å²) in [7, 11) is 0. The number of halogens is 2. The summed E-state index contributed by atoms with van der Waals surface area (Å²) < 4.78 is 5.30. The molecule has 178 valence electrons. The van der Waals surface area contributed by atoms with Gasteiger partial charge in [-0.05, 0) is 51.3 Å². The summed E-state index contributed by atoms with van der Waals surface area (Å²) in [5, 5.41) is 23.8. The van der Waals surface area contributed by atoms with Gasteiger partial charge in [-0.1, -0.05) is 43.1 Å². The first-order chi connectivity index (χ1) is 14.7. The number of hydrogen-bond acceptors (Lipinski definition) is 5. The van der Waals surface area contributed by atoms with Crippen LogP contribution in [0.5, 0.6) is 0 Å². The first-order valence-electron chi connectivity index (χ1n) is 10.4. The van der Waals surface area contributed by atoms with Gasteiger partial charge in [0.25, 0.3) is 0 Å². The number of alkyl carbamates (subject to hydrolysis) is 1. The number of likely N-dealkylation sites (tertiary alicyclic amines) is 1. The van der Waals surface area contributed by atoms with E-state index in [9.17, 15) is 24.6 Å². The lowest BCUT2D eigenvalue weighted by atomic mass is 9.72. The molecule has 3 atom stereocenters. The number of carboxylic acids is 2. The lowest BCUT2D eigenvalue weighted by Gasteiger charge is -2.39. The standard InChI is InChI=1S/C22H30Cl2N2O6/c1-6-16-21(17(27)28,25-19(31)32-20(3,4)5)12-26(22(16,7-2)18(29)30)11-13-8-9-14(23)15(24)10-13/h8-10,16H,6-7,11-12H2,1-5H3,(H,25,31)(H,27,28)(H,29,30)/t16?,21-,22+/m0/s1. The minimum absolute atomic E-state index is 0.110. The number of aliphatic carboxylic acids is 2. The van der Waals surface area contributed by atoms with Gasteiger partial charge in [0.15, 0.2) is 5.54 Å². The van der Waals surface area contributed by atoms with Gasteiger partial charge in [-0.25, -0.2) is 9.59 Å². The van der Waals surface area contributed by atoms with Crippen molar-refractivity contribution < 1.29 is 29.3 Å². The first-order valence-corrected chi connectivity index (χ1v) is 11.2. The van der Waals surface area contributed by atoms with E-state index in [1.807, 2.05) is 0 Å². The highest BCUT2D eigenvalue weighted by atomic mass is 35.5. The van der Waals surface area contributed by atoms with E-state index in [1.165, 1.54) is 0 Å². The molecule has 1 aromatic rings. The highest BCUT2D eigenvalue weighted by Crippen LogP contribution is 2.47. The van der Waals surface area contributed by atoms with Gasteiger partial charge >= 0.3 is 18.0 Å². The fourth-order valence-corrected chi connectivity index (χ4v) is 5.03. The maximum atomic E-state index is 12.6. The van der Waals surface area contributed by atoms with Crippen molar-refractivity contribution in [2.24, 2.45) is 5.92 Å². The number of benzene rings is 1. The molecular formula is C22H30Cl2N2O6. The normalized spacial score (nSPS) is 26.0. The number of carboxylic acid groups (broad SMARTS) is 2. The zero-order valence-electron chi connectivity index (χ0n) is 18.9. The second-order valence-corrected chi connectivity index (χ2v) is 9.87. The zero-order chi connectivity index (χ0) is 24.5. The summed E-state index contributed by atoms with van der Waals surface area (Å²) in [4.78, 5) is 39.4. The van der Waals surface area contributed by atoms with Crippen molar-refractivity contribution in [3.63, 3.8) is 0 Å². The second kappa shape index (κ2) is 9.45. The van der Waals surface area contributed by atoms with E-state index < -0.39 is 40.6 Å². The number of carbonyl (C=O) groups excluding carboxylic acids is 1. The Morgan fingerprint density at radius 3 is 2.22 bits per heavy atom. The summed E-state index contributed by atoms with van der Waals surface area (Å²) in [6.45, 7) is 8.29. The molecule has 0 radical (unpaired) electrons. The molecule has 1 aromatic carbocycles. The SMILES string of the molecule is CCC1[C@](CC)(C(=O)O)N(Cc2ccc(Cl)c(Cl)c2)C[C@@]1(NC(=O)OC(C)(C)C)C(=O)O. The number of nitrogens with zero attached hydrogens (tertiary/aromatic N) is 1. The average molecular weight is 489 g/mol. The van der Waals surface area contributed by atoms with E-state index in [0.29, 0.717) is 15.6 Å². The van der Waals surface area contributed by atoms with Gasteiger partial charge in [0.05, 0.1) is 10.0 Å². The van der Waals surface area contributed by atoms with Crippen molar-refractivity contribution in [2.75, 3.05) is 6.54 Å². The van der Waals surface area contributed by atoms with E-state index in [4.69, 9.17) is 27.9 Å². The van der Waals surface area contributed by atoms with Gasteiger partial charge in [-0.3, -0.25) is 9.69 Å². The highest BCUT2D eigenvalue weighted by Gasteiger charge is 2.67. The van der Waals surface area contributed by atoms with Crippen LogP contribution in [0.15, 0.2) is 18.2 Å². The van der Waals surface area contributed by atoms with Gasteiger partial charge in [-0.2, -0.15) is 0 Å². The van der Waals surface area contributed by atoms with Crippen LogP contribution in [0.4, 0.5) is 4.79 Å². The fraction of sp³-hybridized carbons (Fsp3) is 0.591. The molecular weight excluding hydrogens is 459 g/mol. The predicted molar refractivity (Wildman–Crippen MR) is 121 cm³/mol. The van der Waals surface area contributed by atoms with Crippen LogP contribution >= 0.6 is 23.2 Å². The summed E-state index contributed by atoms with van der Waals surface area (Å²) in [6.07, 6.45) is -0.571. The summed E-state index contributed by atoms with van der Waals surface area (Å²) in [6, 6.07) is 4.93. The molecule has 8 nitrogen and oxygen atoms in total. The van der Waals surface area contributed by atoms with Crippen LogP contribution in [0.25, 0.3) is 0 Å². The van der Waals surface area contributed by atoms with Gasteiger partial charge in [0, 0.05) is 19.0 Å². The summed E-state index contributed by atoms with van der Waals surface area (Å²) in [5.41, 5.74) is -3.57. The van der Waals surface area contributed by atoms with E-state index >= 15 is 0 Å². The van der Waals surface area contributed by atoms with E-state index in [-0.39, 0.29) is 25.9 Å². The van der Waals surface area contributed by atoms with Crippen LogP contribution < -0.4 is 5.32 Å². The molecule has 0 aliphatic carbocycles. The number of rotatable bonds is 7. The van der Waals surface area contributed by atoms with Crippen molar-refractivity contribution >= 4 is 41.2 Å². The van der Waals surface area contributed by atoms with Gasteiger partial charge in [-0.15, -0.1) is 0 Å². The Morgan fingerprint density at radius 1 is 1.16 bits per heavy atom. The van der Waals surface area contributed by atoms with E-state index in [1.54, 1.807) is 57.7 Å². The van der Waals surface area contributed by atoms with Crippen molar-refractivity contribution in [3.8, 4) is 0 Å². The summed E-state index contributed by atoms with van der Waals surface area (Å²) >= 11 is 12.1. The number of ether oxygens (including phenoxy) is 1. The molecule has 0 spiro atoms. The molecule has 0 bridgehead atoms. The number of hydrogen-bond donors (Lipinski definition) is 3. The van der Waals surface area contributed by atoms with Gasteiger partial charge in [0.1, 0.15) is 11.1 Å². The Labute approximate surface area is 197 Å². The molecule has 1 aliphatic rings. The first kappa shape index (κ1) is 26.2. The third-order valence-corrected chi connectivity index (χ3v) is 6.70. The maximum Gasteiger partial charge on any atom is 0.408 e. The largest absolute Gasteiger partial charge is 0.480 e. The Hall–Kier alpha value is -2.03. The van der Waals surface area contributed by atoms with Crippen LogP contribution in [0, 0.1) is 5.92 Å². The lowest BCUT2D eigenvalue weighted by Crippen LogP contribution is -2.63. The Morgan fingerprint density at radius 2 is 1.78 bits per heavy atom. The molecule has 32 heavy (non-hydrogen) atoms. The molecule has 1 saturated heterocycles. The lowest BCUT2D eigenvalue weighted by molar-refractivity contribution is -0.154. The van der Waals surface area contributed by atoms with E-state index in [0.717, 1.165) is 0 Å². The smallest absolute Gasteiger partial charge is 0.408 e. The van der Waals surface area contributed by atoms with E-state index in [2.05, 4.69) is 5.32 Å². The molecule has 1 aliphatic heterocycles.